The third-order valence-electron chi connectivity index (χ3n) is 2.55. The van der Waals surface area contributed by atoms with E-state index < -0.39 is 47.9 Å². The van der Waals surface area contributed by atoms with Crippen molar-refractivity contribution in [1.29, 1.82) is 0 Å². The molecule has 6 nitrogen and oxygen atoms in total. The number of carboxylic acid groups (broad SMARTS) is 1. The lowest BCUT2D eigenvalue weighted by molar-refractivity contribution is 0.0649. The van der Waals surface area contributed by atoms with Gasteiger partial charge in [0, 0.05) is 13.1 Å². The van der Waals surface area contributed by atoms with Crippen molar-refractivity contribution in [3.8, 4) is 0 Å². The second-order valence-electron chi connectivity index (χ2n) is 3.86. The average Bonchev–Trinajstić information content (AvgIpc) is 2.40. The summed E-state index contributed by atoms with van der Waals surface area (Å²) in [5.74, 6) is -5.23. The van der Waals surface area contributed by atoms with Crippen molar-refractivity contribution in [2.45, 2.75) is 0 Å². The molecule has 3 N–H and O–H groups in total. The molecule has 0 saturated carbocycles. The molecule has 0 aromatic heterocycles. The summed E-state index contributed by atoms with van der Waals surface area (Å²) in [6.45, 7) is -1.18. The monoisotopic (exact) mass is 289 g/mol. The lowest BCUT2D eigenvalue weighted by Crippen LogP contribution is -2.36. The number of aliphatic hydroxyl groups is 2. The molecule has 0 bridgehead atoms. The number of hydrogen-bond acceptors (Lipinski definition) is 4. The van der Waals surface area contributed by atoms with E-state index in [1.165, 1.54) is 0 Å². The number of aromatic carboxylic acids is 1. The van der Waals surface area contributed by atoms with Crippen LogP contribution in [-0.4, -0.2) is 58.4 Å². The first kappa shape index (κ1) is 16.0. The fourth-order valence-electron chi connectivity index (χ4n) is 1.63. The van der Waals surface area contributed by atoms with Crippen LogP contribution < -0.4 is 0 Å². The average molecular weight is 289 g/mol. The smallest absolute Gasteiger partial charge is 0.336 e. The number of carboxylic acids is 1. The molecule has 0 atom stereocenters. The van der Waals surface area contributed by atoms with Gasteiger partial charge < -0.3 is 20.2 Å². The van der Waals surface area contributed by atoms with Gasteiger partial charge in [0.2, 0.25) is 0 Å². The van der Waals surface area contributed by atoms with Crippen LogP contribution in [0.25, 0.3) is 0 Å². The highest BCUT2D eigenvalue weighted by molar-refractivity contribution is 6.04. The second kappa shape index (κ2) is 6.92. The van der Waals surface area contributed by atoms with E-state index in [9.17, 15) is 18.4 Å². The third-order valence-corrected chi connectivity index (χ3v) is 2.55. The normalized spacial score (nSPS) is 10.4. The lowest BCUT2D eigenvalue weighted by Gasteiger charge is -2.21. The molecule has 0 radical (unpaired) electrons. The number of carbonyl (C=O) groups excluding carboxylic acids is 1. The Kier molecular flexibility index (Phi) is 5.53. The van der Waals surface area contributed by atoms with Crippen molar-refractivity contribution in [3.05, 3.63) is 34.9 Å². The second-order valence-corrected chi connectivity index (χ2v) is 3.86. The van der Waals surface area contributed by atoms with Gasteiger partial charge in [-0.2, -0.15) is 0 Å². The molecular weight excluding hydrogens is 276 g/mol. The number of carbonyl (C=O) groups is 2. The molecule has 0 saturated heterocycles. The first-order valence-corrected chi connectivity index (χ1v) is 5.65. The Labute approximate surface area is 112 Å². The molecule has 0 spiro atoms. The van der Waals surface area contributed by atoms with E-state index in [2.05, 4.69) is 0 Å². The molecule has 0 unspecified atom stereocenters. The molecule has 0 aliphatic heterocycles. The number of halogens is 2. The molecule has 0 fully saturated rings. The summed E-state index contributed by atoms with van der Waals surface area (Å²) in [6, 6.07) is 0.907. The highest BCUT2D eigenvalue weighted by atomic mass is 19.2. The van der Waals surface area contributed by atoms with Crippen molar-refractivity contribution < 1.29 is 33.7 Å². The summed E-state index contributed by atoms with van der Waals surface area (Å²) >= 11 is 0. The van der Waals surface area contributed by atoms with Crippen molar-refractivity contribution in [2.75, 3.05) is 26.3 Å². The summed E-state index contributed by atoms with van der Waals surface area (Å²) in [4.78, 5) is 24.0. The van der Waals surface area contributed by atoms with Gasteiger partial charge in [0.1, 0.15) is 0 Å². The number of benzene rings is 1. The van der Waals surface area contributed by atoms with E-state index >= 15 is 0 Å². The predicted octanol–water partition coefficient (Wildman–Crippen LogP) is 0.0898. The van der Waals surface area contributed by atoms with Crippen molar-refractivity contribution in [3.63, 3.8) is 0 Å². The van der Waals surface area contributed by atoms with Gasteiger partial charge in [-0.3, -0.25) is 4.79 Å². The SMILES string of the molecule is O=C(O)c1cc(F)c(F)cc1C(=O)N(CCO)CCO. The molecule has 1 aromatic carbocycles. The van der Waals surface area contributed by atoms with Crippen LogP contribution in [0.1, 0.15) is 20.7 Å². The fourth-order valence-corrected chi connectivity index (χ4v) is 1.63. The Balaban J connectivity index is 3.25. The summed E-state index contributed by atoms with van der Waals surface area (Å²) in [6.07, 6.45) is 0. The zero-order valence-electron chi connectivity index (χ0n) is 10.3. The Hall–Kier alpha value is -2.06. The Bertz CT molecular complexity index is 515. The van der Waals surface area contributed by atoms with Crippen LogP contribution in [0.5, 0.6) is 0 Å². The summed E-state index contributed by atoms with van der Waals surface area (Å²) in [5, 5.41) is 26.5. The number of hydrogen-bond donors (Lipinski definition) is 3. The molecule has 0 heterocycles. The molecule has 110 valence electrons. The molecule has 20 heavy (non-hydrogen) atoms. The molecular formula is C12H13F2NO5. The summed E-state index contributed by atoms with van der Waals surface area (Å²) < 4.78 is 26.2. The summed E-state index contributed by atoms with van der Waals surface area (Å²) in [5.41, 5.74) is -1.23. The predicted molar refractivity (Wildman–Crippen MR) is 63.4 cm³/mol. The van der Waals surface area contributed by atoms with Crippen LogP contribution in [0.4, 0.5) is 8.78 Å². The quantitative estimate of drug-likeness (QED) is 0.689. The molecule has 8 heteroatoms. The highest BCUT2D eigenvalue weighted by Crippen LogP contribution is 2.17. The maximum absolute atomic E-state index is 13.2. The topological polar surface area (TPSA) is 98.1 Å². The lowest BCUT2D eigenvalue weighted by atomic mass is 10.1. The molecule has 1 aromatic rings. The van der Waals surface area contributed by atoms with Crippen LogP contribution >= 0.6 is 0 Å². The minimum absolute atomic E-state index is 0.169. The van der Waals surface area contributed by atoms with Crippen molar-refractivity contribution in [2.24, 2.45) is 0 Å². The Morgan fingerprint density at radius 3 is 1.85 bits per heavy atom. The maximum Gasteiger partial charge on any atom is 0.336 e. The van der Waals surface area contributed by atoms with E-state index in [1.807, 2.05) is 0 Å². The van der Waals surface area contributed by atoms with Gasteiger partial charge in [0.15, 0.2) is 11.6 Å². The summed E-state index contributed by atoms with van der Waals surface area (Å²) in [7, 11) is 0. The Morgan fingerprint density at radius 2 is 1.45 bits per heavy atom. The standard InChI is InChI=1S/C12H13F2NO5/c13-9-5-7(8(12(19)20)6-10(9)14)11(18)15(1-3-16)2-4-17/h5-6,16-17H,1-4H2,(H,19,20). The zero-order valence-corrected chi connectivity index (χ0v) is 10.3. The van der Waals surface area contributed by atoms with Gasteiger partial charge in [0.25, 0.3) is 5.91 Å². The van der Waals surface area contributed by atoms with Crippen LogP contribution in [0.15, 0.2) is 12.1 Å². The number of amides is 1. The van der Waals surface area contributed by atoms with Crippen molar-refractivity contribution >= 4 is 11.9 Å². The first-order valence-electron chi connectivity index (χ1n) is 5.65. The molecule has 0 aliphatic rings. The Morgan fingerprint density at radius 1 is 1.00 bits per heavy atom. The number of nitrogens with zero attached hydrogens (tertiary/aromatic N) is 1. The molecule has 1 rings (SSSR count). The number of aliphatic hydroxyl groups excluding tert-OH is 2. The van der Waals surface area contributed by atoms with Gasteiger partial charge in [-0.15, -0.1) is 0 Å². The van der Waals surface area contributed by atoms with E-state index in [1.54, 1.807) is 0 Å². The molecule has 0 aliphatic carbocycles. The van der Waals surface area contributed by atoms with Gasteiger partial charge in [-0.1, -0.05) is 0 Å². The van der Waals surface area contributed by atoms with Gasteiger partial charge >= 0.3 is 5.97 Å². The van der Waals surface area contributed by atoms with Gasteiger partial charge in [-0.05, 0) is 12.1 Å². The minimum Gasteiger partial charge on any atom is -0.478 e. The van der Waals surface area contributed by atoms with E-state index in [0.717, 1.165) is 4.90 Å². The zero-order chi connectivity index (χ0) is 15.3. The molecule has 1 amide bonds. The van der Waals surface area contributed by atoms with E-state index in [-0.39, 0.29) is 13.1 Å². The van der Waals surface area contributed by atoms with E-state index in [0.29, 0.717) is 12.1 Å². The van der Waals surface area contributed by atoms with Crippen LogP contribution in [-0.2, 0) is 0 Å². The first-order chi connectivity index (χ1) is 9.42. The fraction of sp³-hybridized carbons (Fsp3) is 0.333. The number of rotatable bonds is 6. The van der Waals surface area contributed by atoms with Crippen molar-refractivity contribution in [1.82, 2.24) is 4.90 Å². The maximum atomic E-state index is 13.2. The van der Waals surface area contributed by atoms with E-state index in [4.69, 9.17) is 15.3 Å². The largest absolute Gasteiger partial charge is 0.478 e. The van der Waals surface area contributed by atoms with Gasteiger partial charge in [-0.25, -0.2) is 13.6 Å². The van der Waals surface area contributed by atoms with Gasteiger partial charge in [0.05, 0.1) is 24.3 Å². The van der Waals surface area contributed by atoms with Crippen LogP contribution in [0.3, 0.4) is 0 Å². The van der Waals surface area contributed by atoms with Crippen LogP contribution in [0.2, 0.25) is 0 Å². The highest BCUT2D eigenvalue weighted by Gasteiger charge is 2.24. The van der Waals surface area contributed by atoms with Crippen LogP contribution in [0, 0.1) is 11.6 Å². The minimum atomic E-state index is -1.58. The third kappa shape index (κ3) is 3.49.